The first-order valence-corrected chi connectivity index (χ1v) is 6.37. The number of ether oxygens (including phenoxy) is 1. The van der Waals surface area contributed by atoms with E-state index in [0.717, 1.165) is 0 Å². The summed E-state index contributed by atoms with van der Waals surface area (Å²) in [6.07, 6.45) is -13.4. The normalized spacial score (nSPS) is 15.7. The van der Waals surface area contributed by atoms with Crippen LogP contribution in [0.4, 0.5) is 31.1 Å². The lowest BCUT2D eigenvalue weighted by Crippen LogP contribution is -2.42. The minimum absolute atomic E-state index is 1.01. The molecule has 0 saturated carbocycles. The maximum Gasteiger partial charge on any atom is 0.407 e. The number of carbonyl (C=O) groups excluding carboxylic acids is 1. The number of carboxylic acid groups (broad SMARTS) is 1. The summed E-state index contributed by atoms with van der Waals surface area (Å²) in [4.78, 5) is 21.8. The second-order valence-corrected chi connectivity index (χ2v) is 5.79. The Morgan fingerprint density at radius 3 is 1.83 bits per heavy atom. The molecule has 2 atom stereocenters. The molecule has 0 rings (SSSR count). The van der Waals surface area contributed by atoms with Crippen molar-refractivity contribution in [1.82, 2.24) is 5.32 Å². The van der Waals surface area contributed by atoms with Crippen molar-refractivity contribution < 1.29 is 45.8 Å². The maximum absolute atomic E-state index is 12.8. The van der Waals surface area contributed by atoms with E-state index in [2.05, 4.69) is 4.74 Å². The molecule has 1 amide bonds. The Hall–Kier alpha value is -1.68. The second-order valence-electron chi connectivity index (χ2n) is 5.79. The van der Waals surface area contributed by atoms with Crippen molar-refractivity contribution in [2.45, 2.75) is 45.1 Å². The van der Waals surface area contributed by atoms with Crippen molar-refractivity contribution in [3.05, 3.63) is 0 Å². The minimum Gasteiger partial charge on any atom is -0.481 e. The molecule has 2 unspecified atom stereocenters. The zero-order valence-corrected chi connectivity index (χ0v) is 12.5. The summed E-state index contributed by atoms with van der Waals surface area (Å²) in [5.74, 6) is -8.28. The summed E-state index contributed by atoms with van der Waals surface area (Å²) < 4.78 is 80.4. The number of alkyl halides is 6. The molecular weight excluding hydrogens is 336 g/mol. The van der Waals surface area contributed by atoms with Crippen LogP contribution in [0.5, 0.6) is 0 Å². The molecule has 0 bridgehead atoms. The molecule has 11 heteroatoms. The smallest absolute Gasteiger partial charge is 0.407 e. The first kappa shape index (κ1) is 21.3. The van der Waals surface area contributed by atoms with E-state index in [-0.39, 0.29) is 0 Å². The average molecular weight is 353 g/mol. The summed E-state index contributed by atoms with van der Waals surface area (Å²) >= 11 is 0. The quantitative estimate of drug-likeness (QED) is 0.744. The maximum atomic E-state index is 12.8. The van der Waals surface area contributed by atoms with Crippen LogP contribution >= 0.6 is 0 Å². The van der Waals surface area contributed by atoms with Crippen LogP contribution in [0.15, 0.2) is 0 Å². The van der Waals surface area contributed by atoms with Gasteiger partial charge >= 0.3 is 24.4 Å². The molecule has 0 radical (unpaired) electrons. The van der Waals surface area contributed by atoms with Crippen molar-refractivity contribution >= 4 is 12.1 Å². The zero-order valence-electron chi connectivity index (χ0n) is 12.5. The number of carboxylic acids is 1. The fraction of sp³-hybridized carbons (Fsp3) is 0.833. The van der Waals surface area contributed by atoms with Gasteiger partial charge in [0.2, 0.25) is 0 Å². The van der Waals surface area contributed by atoms with Gasteiger partial charge in [-0.3, -0.25) is 4.79 Å². The second kappa shape index (κ2) is 7.26. The van der Waals surface area contributed by atoms with Crippen molar-refractivity contribution in [2.75, 3.05) is 6.54 Å². The summed E-state index contributed by atoms with van der Waals surface area (Å²) in [5, 5.41) is 10.2. The van der Waals surface area contributed by atoms with Crippen molar-refractivity contribution in [3.63, 3.8) is 0 Å². The van der Waals surface area contributed by atoms with Crippen LogP contribution in [0.2, 0.25) is 0 Å². The van der Waals surface area contributed by atoms with Gasteiger partial charge in [0.15, 0.2) is 5.92 Å². The fourth-order valence-corrected chi connectivity index (χ4v) is 1.51. The van der Waals surface area contributed by atoms with E-state index in [1.54, 1.807) is 5.32 Å². The number of rotatable bonds is 5. The van der Waals surface area contributed by atoms with Crippen LogP contribution in [0.3, 0.4) is 0 Å². The van der Waals surface area contributed by atoms with E-state index in [1.165, 1.54) is 20.8 Å². The molecule has 0 spiro atoms. The van der Waals surface area contributed by atoms with Crippen LogP contribution in [-0.4, -0.2) is 41.7 Å². The molecular formula is C12H17F6NO4. The molecule has 0 heterocycles. The number of hydrogen-bond acceptors (Lipinski definition) is 3. The standard InChI is InChI=1S/C12H17F6NO4/c1-10(2,3)23-9(22)19-5-6(11(13,14)15)4-7(8(20)21)12(16,17)18/h6-7H,4-5H2,1-3H3,(H,19,22)(H,20,21). The lowest BCUT2D eigenvalue weighted by molar-refractivity contribution is -0.215. The Kier molecular flexibility index (Phi) is 6.73. The summed E-state index contributed by atoms with van der Waals surface area (Å²) in [6, 6.07) is 0. The molecule has 0 fully saturated rings. The number of amides is 1. The molecule has 0 aliphatic heterocycles. The first-order valence-electron chi connectivity index (χ1n) is 6.37. The molecule has 2 N–H and O–H groups in total. The van der Waals surface area contributed by atoms with E-state index in [0.29, 0.717) is 0 Å². The molecule has 5 nitrogen and oxygen atoms in total. The fourth-order valence-electron chi connectivity index (χ4n) is 1.51. The number of aliphatic carboxylic acids is 1. The highest BCUT2D eigenvalue weighted by molar-refractivity contribution is 5.71. The Bertz CT molecular complexity index is 427. The van der Waals surface area contributed by atoms with Crippen LogP contribution < -0.4 is 5.32 Å². The topological polar surface area (TPSA) is 75.6 Å². The van der Waals surface area contributed by atoms with Gasteiger partial charge in [0, 0.05) is 6.54 Å². The van der Waals surface area contributed by atoms with Crippen molar-refractivity contribution in [2.24, 2.45) is 11.8 Å². The number of nitrogens with one attached hydrogen (secondary N) is 1. The Morgan fingerprint density at radius 2 is 1.52 bits per heavy atom. The van der Waals surface area contributed by atoms with Crippen LogP contribution in [0, 0.1) is 11.8 Å². The third kappa shape index (κ3) is 8.50. The van der Waals surface area contributed by atoms with E-state index in [9.17, 15) is 35.9 Å². The van der Waals surface area contributed by atoms with Crippen LogP contribution in [0.1, 0.15) is 27.2 Å². The molecule has 0 aromatic carbocycles. The van der Waals surface area contributed by atoms with Gasteiger partial charge in [-0.15, -0.1) is 0 Å². The highest BCUT2D eigenvalue weighted by atomic mass is 19.4. The Balaban J connectivity index is 4.98. The molecule has 136 valence electrons. The lowest BCUT2D eigenvalue weighted by atomic mass is 9.93. The van der Waals surface area contributed by atoms with E-state index < -0.39 is 54.8 Å². The van der Waals surface area contributed by atoms with Gasteiger partial charge in [-0.2, -0.15) is 26.3 Å². The van der Waals surface area contributed by atoms with Gasteiger partial charge in [0.05, 0.1) is 5.92 Å². The largest absolute Gasteiger partial charge is 0.481 e. The molecule has 23 heavy (non-hydrogen) atoms. The predicted molar refractivity (Wildman–Crippen MR) is 65.6 cm³/mol. The zero-order chi connectivity index (χ0) is 18.6. The number of halogens is 6. The van der Waals surface area contributed by atoms with Gasteiger partial charge in [-0.05, 0) is 27.2 Å². The summed E-state index contributed by atoms with van der Waals surface area (Å²) in [5.41, 5.74) is -1.01. The molecule has 0 aliphatic carbocycles. The lowest BCUT2D eigenvalue weighted by Gasteiger charge is -2.26. The highest BCUT2D eigenvalue weighted by Gasteiger charge is 2.51. The third-order valence-corrected chi connectivity index (χ3v) is 2.57. The van der Waals surface area contributed by atoms with Crippen LogP contribution in [-0.2, 0) is 9.53 Å². The van der Waals surface area contributed by atoms with Gasteiger partial charge in [-0.25, -0.2) is 4.79 Å². The van der Waals surface area contributed by atoms with Crippen LogP contribution in [0.25, 0.3) is 0 Å². The SMILES string of the molecule is CC(C)(C)OC(=O)NCC(CC(C(=O)O)C(F)(F)F)C(F)(F)F. The van der Waals surface area contributed by atoms with Gasteiger partial charge < -0.3 is 15.2 Å². The Morgan fingerprint density at radius 1 is 1.04 bits per heavy atom. The van der Waals surface area contributed by atoms with Gasteiger partial charge in [0.25, 0.3) is 0 Å². The molecule has 0 saturated heterocycles. The molecule has 0 aromatic heterocycles. The van der Waals surface area contributed by atoms with Gasteiger partial charge in [-0.1, -0.05) is 0 Å². The number of alkyl carbamates (subject to hydrolysis) is 1. The monoisotopic (exact) mass is 353 g/mol. The first-order chi connectivity index (χ1) is 10.0. The summed E-state index contributed by atoms with van der Waals surface area (Å²) in [7, 11) is 0. The van der Waals surface area contributed by atoms with Crippen molar-refractivity contribution in [3.8, 4) is 0 Å². The molecule has 0 aliphatic rings. The predicted octanol–water partition coefficient (Wildman–Crippen LogP) is 3.34. The molecule has 0 aromatic rings. The third-order valence-electron chi connectivity index (χ3n) is 2.57. The van der Waals surface area contributed by atoms with Crippen molar-refractivity contribution in [1.29, 1.82) is 0 Å². The van der Waals surface area contributed by atoms with E-state index in [1.807, 2.05) is 0 Å². The van der Waals surface area contributed by atoms with E-state index in [4.69, 9.17) is 5.11 Å². The number of hydrogen-bond donors (Lipinski definition) is 2. The minimum atomic E-state index is -5.33. The number of carbonyl (C=O) groups is 2. The summed E-state index contributed by atoms with van der Waals surface area (Å²) in [6.45, 7) is 3.10. The average Bonchev–Trinajstić information content (AvgIpc) is 2.21. The Labute approximate surface area is 128 Å². The van der Waals surface area contributed by atoms with Gasteiger partial charge in [0.1, 0.15) is 5.60 Å². The van der Waals surface area contributed by atoms with E-state index >= 15 is 0 Å². The highest BCUT2D eigenvalue weighted by Crippen LogP contribution is 2.37.